The topological polar surface area (TPSA) is 28.2 Å². The Morgan fingerprint density at radius 2 is 2.08 bits per heavy atom. The third kappa shape index (κ3) is 3.05. The summed E-state index contributed by atoms with van der Waals surface area (Å²) in [5, 5.41) is 4.98. The smallest absolute Gasteiger partial charge is 0.0961 e. The summed E-state index contributed by atoms with van der Waals surface area (Å²) in [5.74, 6) is 0.726. The molecule has 0 aliphatic carbocycles. The van der Waals surface area contributed by atoms with Gasteiger partial charge in [0.2, 0.25) is 0 Å². The van der Waals surface area contributed by atoms with Crippen molar-refractivity contribution in [3.63, 3.8) is 0 Å². The van der Waals surface area contributed by atoms with Gasteiger partial charge in [-0.3, -0.25) is 0 Å². The Hall–Kier alpha value is -1.52. The predicted molar refractivity (Wildman–Crippen MR) is 102 cm³/mol. The molecule has 0 saturated carbocycles. The highest BCUT2D eigenvalue weighted by Crippen LogP contribution is 2.37. The fourth-order valence-electron chi connectivity index (χ4n) is 4.22. The fraction of sp³-hybridized carbons (Fsp3) is 0.450. The molecule has 126 valence electrons. The number of aryl methyl sites for hydroxylation is 1. The number of thioether (sulfide) groups is 1. The lowest BCUT2D eigenvalue weighted by Gasteiger charge is -2.36. The third-order valence-corrected chi connectivity index (χ3v) is 6.14. The summed E-state index contributed by atoms with van der Waals surface area (Å²) in [5.41, 5.74) is 4.09. The molecular formula is C20H25N3S. The molecule has 4 rings (SSSR count). The van der Waals surface area contributed by atoms with Crippen LogP contribution in [0.2, 0.25) is 0 Å². The third-order valence-electron chi connectivity index (χ3n) is 5.50. The highest BCUT2D eigenvalue weighted by atomic mass is 32.2. The van der Waals surface area contributed by atoms with Gasteiger partial charge in [0.05, 0.1) is 16.9 Å². The summed E-state index contributed by atoms with van der Waals surface area (Å²) >= 11 is 1.71. The van der Waals surface area contributed by atoms with Crippen LogP contribution in [0.15, 0.2) is 47.6 Å². The molecule has 2 fully saturated rings. The molecule has 2 saturated heterocycles. The Kier molecular flexibility index (Phi) is 4.51. The zero-order valence-electron chi connectivity index (χ0n) is 14.4. The number of pyridine rings is 1. The molecule has 0 amide bonds. The van der Waals surface area contributed by atoms with Crippen molar-refractivity contribution in [1.29, 1.82) is 0 Å². The van der Waals surface area contributed by atoms with Gasteiger partial charge in [-0.25, -0.2) is 4.98 Å². The molecule has 3 unspecified atom stereocenters. The van der Waals surface area contributed by atoms with Crippen LogP contribution in [0.1, 0.15) is 30.0 Å². The lowest BCUT2D eigenvalue weighted by molar-refractivity contribution is 0.375. The van der Waals surface area contributed by atoms with Gasteiger partial charge < -0.3 is 10.2 Å². The summed E-state index contributed by atoms with van der Waals surface area (Å²) in [6, 6.07) is 14.3. The molecule has 0 bridgehead atoms. The first-order chi connectivity index (χ1) is 11.7. The van der Waals surface area contributed by atoms with Gasteiger partial charge in [0.25, 0.3) is 0 Å². The quantitative estimate of drug-likeness (QED) is 0.854. The fourth-order valence-corrected chi connectivity index (χ4v) is 4.67. The Labute approximate surface area is 148 Å². The molecule has 0 radical (unpaired) electrons. The number of aromatic nitrogens is 1. The van der Waals surface area contributed by atoms with E-state index in [1.54, 1.807) is 11.8 Å². The first-order valence-corrected chi connectivity index (χ1v) is 10.0. The highest BCUT2D eigenvalue weighted by molar-refractivity contribution is 7.98. The molecule has 1 aromatic heterocycles. The molecule has 4 heteroatoms. The van der Waals surface area contributed by atoms with Crippen LogP contribution in [-0.2, 0) is 0 Å². The van der Waals surface area contributed by atoms with Gasteiger partial charge >= 0.3 is 0 Å². The van der Waals surface area contributed by atoms with E-state index in [0.717, 1.165) is 24.0 Å². The SMILES string of the molecule is CSc1cc(C)c(N2CCC3NC(c4ccccc4)CC3C2)cn1. The van der Waals surface area contributed by atoms with Crippen LogP contribution in [0.25, 0.3) is 0 Å². The average molecular weight is 340 g/mol. The number of benzene rings is 1. The van der Waals surface area contributed by atoms with Crippen molar-refractivity contribution in [1.82, 2.24) is 10.3 Å². The van der Waals surface area contributed by atoms with E-state index in [4.69, 9.17) is 0 Å². The zero-order valence-corrected chi connectivity index (χ0v) is 15.2. The summed E-state index contributed by atoms with van der Waals surface area (Å²) in [6.07, 6.45) is 6.61. The van der Waals surface area contributed by atoms with E-state index in [0.29, 0.717) is 12.1 Å². The van der Waals surface area contributed by atoms with Crippen molar-refractivity contribution in [3.8, 4) is 0 Å². The van der Waals surface area contributed by atoms with Crippen molar-refractivity contribution in [2.24, 2.45) is 5.92 Å². The summed E-state index contributed by atoms with van der Waals surface area (Å²) in [7, 11) is 0. The van der Waals surface area contributed by atoms with Gasteiger partial charge in [0.15, 0.2) is 0 Å². The minimum absolute atomic E-state index is 0.513. The number of nitrogens with zero attached hydrogens (tertiary/aromatic N) is 2. The zero-order chi connectivity index (χ0) is 16.5. The van der Waals surface area contributed by atoms with Gasteiger partial charge in [-0.05, 0) is 49.1 Å². The largest absolute Gasteiger partial charge is 0.370 e. The number of hydrogen-bond donors (Lipinski definition) is 1. The molecule has 0 spiro atoms. The standard InChI is InChI=1S/C20H25N3S/c1-14-10-20(24-2)21-12-19(14)23-9-8-17-16(13-23)11-18(22-17)15-6-4-3-5-7-15/h3-7,10,12,16-18,22H,8-9,11,13H2,1-2H3. The molecule has 3 nitrogen and oxygen atoms in total. The van der Waals surface area contributed by atoms with E-state index in [1.807, 2.05) is 0 Å². The molecule has 1 aromatic carbocycles. The monoisotopic (exact) mass is 339 g/mol. The van der Waals surface area contributed by atoms with Crippen molar-refractivity contribution in [2.75, 3.05) is 24.2 Å². The van der Waals surface area contributed by atoms with Crippen LogP contribution >= 0.6 is 11.8 Å². The first-order valence-electron chi connectivity index (χ1n) is 8.81. The van der Waals surface area contributed by atoms with Gasteiger partial charge in [0.1, 0.15) is 0 Å². The predicted octanol–water partition coefficient (Wildman–Crippen LogP) is 4.04. The van der Waals surface area contributed by atoms with E-state index >= 15 is 0 Å². The Balaban J connectivity index is 1.48. The van der Waals surface area contributed by atoms with Crippen LogP contribution in [-0.4, -0.2) is 30.4 Å². The van der Waals surface area contributed by atoms with Crippen molar-refractivity contribution in [3.05, 3.63) is 53.7 Å². The summed E-state index contributed by atoms with van der Waals surface area (Å²) < 4.78 is 0. The second-order valence-corrected chi connectivity index (χ2v) is 7.81. The lowest BCUT2D eigenvalue weighted by Crippen LogP contribution is -2.44. The maximum atomic E-state index is 4.59. The molecule has 2 aliphatic heterocycles. The molecule has 2 aliphatic rings. The van der Waals surface area contributed by atoms with Crippen molar-refractivity contribution >= 4 is 17.4 Å². The van der Waals surface area contributed by atoms with E-state index in [9.17, 15) is 0 Å². The van der Waals surface area contributed by atoms with Crippen LogP contribution < -0.4 is 10.2 Å². The highest BCUT2D eigenvalue weighted by Gasteiger charge is 2.38. The number of hydrogen-bond acceptors (Lipinski definition) is 4. The van der Waals surface area contributed by atoms with Gasteiger partial charge in [0, 0.05) is 25.2 Å². The maximum absolute atomic E-state index is 4.59. The number of nitrogens with one attached hydrogen (secondary N) is 1. The molecule has 24 heavy (non-hydrogen) atoms. The van der Waals surface area contributed by atoms with Crippen LogP contribution in [0.4, 0.5) is 5.69 Å². The van der Waals surface area contributed by atoms with Gasteiger partial charge in [-0.2, -0.15) is 0 Å². The Bertz CT molecular complexity index is 703. The average Bonchev–Trinajstić information content (AvgIpc) is 3.05. The molecule has 1 N–H and O–H groups in total. The van der Waals surface area contributed by atoms with E-state index in [1.165, 1.54) is 29.7 Å². The normalized spacial score (nSPS) is 26.4. The summed E-state index contributed by atoms with van der Waals surface area (Å²) in [6.45, 7) is 4.47. The maximum Gasteiger partial charge on any atom is 0.0961 e. The number of piperidine rings is 1. The van der Waals surface area contributed by atoms with Crippen molar-refractivity contribution in [2.45, 2.75) is 36.9 Å². The molecule has 3 atom stereocenters. The first kappa shape index (κ1) is 16.0. The van der Waals surface area contributed by atoms with Crippen molar-refractivity contribution < 1.29 is 0 Å². The van der Waals surface area contributed by atoms with Crippen LogP contribution in [0.3, 0.4) is 0 Å². The Morgan fingerprint density at radius 1 is 1.25 bits per heavy atom. The summed E-state index contributed by atoms with van der Waals surface area (Å²) in [4.78, 5) is 7.13. The van der Waals surface area contributed by atoms with Gasteiger partial charge in [-0.1, -0.05) is 30.3 Å². The second kappa shape index (κ2) is 6.77. The molecular weight excluding hydrogens is 314 g/mol. The molecule has 2 aromatic rings. The molecule has 3 heterocycles. The van der Waals surface area contributed by atoms with Crippen LogP contribution in [0.5, 0.6) is 0 Å². The Morgan fingerprint density at radius 3 is 2.83 bits per heavy atom. The number of anilines is 1. The number of fused-ring (bicyclic) bond motifs is 1. The minimum atomic E-state index is 0.513. The van der Waals surface area contributed by atoms with E-state index < -0.39 is 0 Å². The van der Waals surface area contributed by atoms with E-state index in [2.05, 4.69) is 71.0 Å². The van der Waals surface area contributed by atoms with Gasteiger partial charge in [-0.15, -0.1) is 11.8 Å². The minimum Gasteiger partial charge on any atom is -0.370 e. The van der Waals surface area contributed by atoms with E-state index in [-0.39, 0.29) is 0 Å². The lowest BCUT2D eigenvalue weighted by atomic mass is 9.91. The number of rotatable bonds is 3. The van der Waals surface area contributed by atoms with Crippen LogP contribution in [0, 0.1) is 12.8 Å². The second-order valence-electron chi connectivity index (χ2n) is 6.98.